The minimum Gasteiger partial charge on any atom is -0.323 e. The summed E-state index contributed by atoms with van der Waals surface area (Å²) in [6.07, 6.45) is 3.02. The molecule has 1 amide bonds. The summed E-state index contributed by atoms with van der Waals surface area (Å²) in [5.74, 6) is -0.108. The maximum absolute atomic E-state index is 10.6. The van der Waals surface area contributed by atoms with Crippen molar-refractivity contribution < 1.29 is 4.79 Å². The summed E-state index contributed by atoms with van der Waals surface area (Å²) in [6, 6.07) is 0. The van der Waals surface area contributed by atoms with Crippen LogP contribution >= 0.6 is 12.4 Å². The van der Waals surface area contributed by atoms with Crippen molar-refractivity contribution in [2.24, 2.45) is 0 Å². The summed E-state index contributed by atoms with van der Waals surface area (Å²) in [4.78, 5) is 18.3. The second-order valence-corrected chi connectivity index (χ2v) is 2.20. The van der Waals surface area contributed by atoms with Crippen molar-refractivity contribution in [2.75, 3.05) is 5.32 Å². The van der Waals surface area contributed by atoms with E-state index in [1.807, 2.05) is 6.92 Å². The zero-order valence-corrected chi connectivity index (χ0v) is 7.68. The summed E-state index contributed by atoms with van der Waals surface area (Å²) in [5, 5.41) is 2.61. The Labute approximate surface area is 76.8 Å². The molecule has 0 fully saturated rings. The van der Waals surface area contributed by atoms with Crippen LogP contribution < -0.4 is 5.32 Å². The normalized spacial score (nSPS) is 8.50. The van der Waals surface area contributed by atoms with Gasteiger partial charge >= 0.3 is 0 Å². The first-order chi connectivity index (χ1) is 5.20. The predicted octanol–water partition coefficient (Wildman–Crippen LogP) is 1.17. The van der Waals surface area contributed by atoms with Gasteiger partial charge in [-0.3, -0.25) is 4.79 Å². The van der Waals surface area contributed by atoms with Crippen LogP contribution in [0.15, 0.2) is 12.5 Å². The third-order valence-electron chi connectivity index (χ3n) is 1.22. The van der Waals surface area contributed by atoms with Crippen molar-refractivity contribution in [1.29, 1.82) is 0 Å². The minimum absolute atomic E-state index is 0. The number of aryl methyl sites for hydroxylation is 1. The Bertz CT molecular complexity index is 277. The molecular weight excluding hydrogens is 178 g/mol. The molecule has 0 aliphatic rings. The first-order valence-corrected chi connectivity index (χ1v) is 3.24. The van der Waals surface area contributed by atoms with Gasteiger partial charge in [0.05, 0.1) is 17.6 Å². The number of carbonyl (C=O) groups is 1. The summed E-state index contributed by atoms with van der Waals surface area (Å²) >= 11 is 0. The molecule has 0 aromatic carbocycles. The molecular formula is C7H10ClN3O. The highest BCUT2D eigenvalue weighted by molar-refractivity contribution is 5.88. The van der Waals surface area contributed by atoms with Crippen molar-refractivity contribution in [1.82, 2.24) is 9.97 Å². The van der Waals surface area contributed by atoms with Crippen molar-refractivity contribution in [3.8, 4) is 0 Å². The van der Waals surface area contributed by atoms with Crippen LogP contribution in [0.4, 0.5) is 5.69 Å². The number of aromatic nitrogens is 2. The third kappa shape index (κ3) is 2.84. The van der Waals surface area contributed by atoms with E-state index in [4.69, 9.17) is 0 Å². The number of halogens is 1. The SMILES string of the molecule is CC(=O)Nc1cncnc1C.Cl. The van der Waals surface area contributed by atoms with E-state index >= 15 is 0 Å². The standard InChI is InChI=1S/C7H9N3O.ClH/c1-5-7(10-6(2)11)3-8-4-9-5;/h3-4H,1-2H3,(H,10,11);1H. The summed E-state index contributed by atoms with van der Waals surface area (Å²) < 4.78 is 0. The van der Waals surface area contributed by atoms with Gasteiger partial charge in [0.1, 0.15) is 6.33 Å². The zero-order valence-electron chi connectivity index (χ0n) is 6.87. The van der Waals surface area contributed by atoms with Crippen LogP contribution in [-0.4, -0.2) is 15.9 Å². The number of nitrogens with zero attached hydrogens (tertiary/aromatic N) is 2. The van der Waals surface area contributed by atoms with Gasteiger partial charge in [-0.1, -0.05) is 0 Å². The molecule has 0 atom stereocenters. The lowest BCUT2D eigenvalue weighted by molar-refractivity contribution is -0.114. The van der Waals surface area contributed by atoms with Crippen LogP contribution in [0, 0.1) is 6.92 Å². The second-order valence-electron chi connectivity index (χ2n) is 2.20. The van der Waals surface area contributed by atoms with E-state index in [1.54, 1.807) is 6.20 Å². The van der Waals surface area contributed by atoms with Gasteiger partial charge in [0.2, 0.25) is 5.91 Å². The molecule has 1 aromatic rings. The molecule has 1 heterocycles. The lowest BCUT2D eigenvalue weighted by Crippen LogP contribution is -2.07. The number of rotatable bonds is 1. The zero-order chi connectivity index (χ0) is 8.27. The summed E-state index contributed by atoms with van der Waals surface area (Å²) in [6.45, 7) is 3.26. The summed E-state index contributed by atoms with van der Waals surface area (Å²) in [7, 11) is 0. The molecule has 0 aliphatic heterocycles. The molecule has 0 spiro atoms. The molecule has 0 saturated heterocycles. The molecule has 0 bridgehead atoms. The molecule has 66 valence electrons. The monoisotopic (exact) mass is 187 g/mol. The van der Waals surface area contributed by atoms with Gasteiger partial charge in [0.25, 0.3) is 0 Å². The maximum Gasteiger partial charge on any atom is 0.221 e. The number of hydrogen-bond acceptors (Lipinski definition) is 3. The number of anilines is 1. The van der Waals surface area contributed by atoms with E-state index in [1.165, 1.54) is 13.3 Å². The van der Waals surface area contributed by atoms with Crippen LogP contribution in [0.3, 0.4) is 0 Å². The van der Waals surface area contributed by atoms with E-state index in [2.05, 4.69) is 15.3 Å². The largest absolute Gasteiger partial charge is 0.323 e. The predicted molar refractivity (Wildman–Crippen MR) is 48.3 cm³/mol. The molecule has 5 heteroatoms. The van der Waals surface area contributed by atoms with Crippen LogP contribution in [0.1, 0.15) is 12.6 Å². The fraction of sp³-hybridized carbons (Fsp3) is 0.286. The summed E-state index contributed by atoms with van der Waals surface area (Å²) in [5.41, 5.74) is 1.44. The Morgan fingerprint density at radius 1 is 1.58 bits per heavy atom. The highest BCUT2D eigenvalue weighted by Gasteiger charge is 1.98. The number of carbonyl (C=O) groups excluding carboxylic acids is 1. The molecule has 4 nitrogen and oxygen atoms in total. The van der Waals surface area contributed by atoms with Crippen LogP contribution in [-0.2, 0) is 4.79 Å². The fourth-order valence-electron chi connectivity index (χ4n) is 0.703. The number of hydrogen-bond donors (Lipinski definition) is 1. The van der Waals surface area contributed by atoms with Gasteiger partial charge in [0, 0.05) is 6.92 Å². The van der Waals surface area contributed by atoms with E-state index < -0.39 is 0 Å². The molecule has 0 unspecified atom stereocenters. The third-order valence-corrected chi connectivity index (χ3v) is 1.22. The lowest BCUT2D eigenvalue weighted by atomic mass is 10.4. The average molecular weight is 188 g/mol. The van der Waals surface area contributed by atoms with Gasteiger partial charge < -0.3 is 5.32 Å². The maximum atomic E-state index is 10.6. The van der Waals surface area contributed by atoms with Gasteiger partial charge in [-0.25, -0.2) is 9.97 Å². The number of amides is 1. The van der Waals surface area contributed by atoms with Gasteiger partial charge in [-0.05, 0) is 6.92 Å². The molecule has 12 heavy (non-hydrogen) atoms. The number of nitrogens with one attached hydrogen (secondary N) is 1. The first-order valence-electron chi connectivity index (χ1n) is 3.24. The minimum atomic E-state index is -0.108. The molecule has 0 aliphatic carbocycles. The Hall–Kier alpha value is -1.16. The molecule has 1 aromatic heterocycles. The smallest absolute Gasteiger partial charge is 0.221 e. The first kappa shape index (κ1) is 10.8. The molecule has 1 rings (SSSR count). The Morgan fingerprint density at radius 2 is 2.25 bits per heavy atom. The van der Waals surface area contributed by atoms with E-state index in [0.717, 1.165) is 5.69 Å². The molecule has 1 N–H and O–H groups in total. The van der Waals surface area contributed by atoms with Crippen LogP contribution in [0.25, 0.3) is 0 Å². The Balaban J connectivity index is 0.00000121. The quantitative estimate of drug-likeness (QED) is 0.718. The highest BCUT2D eigenvalue weighted by atomic mass is 35.5. The van der Waals surface area contributed by atoms with Gasteiger partial charge in [-0.15, -0.1) is 12.4 Å². The van der Waals surface area contributed by atoms with Crippen LogP contribution in [0.5, 0.6) is 0 Å². The van der Waals surface area contributed by atoms with Crippen LogP contribution in [0.2, 0.25) is 0 Å². The van der Waals surface area contributed by atoms with Gasteiger partial charge in [0.15, 0.2) is 0 Å². The highest BCUT2D eigenvalue weighted by Crippen LogP contribution is 2.07. The van der Waals surface area contributed by atoms with E-state index in [0.29, 0.717) is 5.69 Å². The Morgan fingerprint density at radius 3 is 2.75 bits per heavy atom. The topological polar surface area (TPSA) is 54.9 Å². The van der Waals surface area contributed by atoms with E-state index in [-0.39, 0.29) is 18.3 Å². The molecule has 0 radical (unpaired) electrons. The van der Waals surface area contributed by atoms with Gasteiger partial charge in [-0.2, -0.15) is 0 Å². The van der Waals surface area contributed by atoms with Crippen molar-refractivity contribution in [3.05, 3.63) is 18.2 Å². The van der Waals surface area contributed by atoms with E-state index in [9.17, 15) is 4.79 Å². The average Bonchev–Trinajstić information content (AvgIpc) is 1.93. The lowest BCUT2D eigenvalue weighted by Gasteiger charge is -2.02. The second kappa shape index (κ2) is 4.66. The van der Waals surface area contributed by atoms with Crippen molar-refractivity contribution in [2.45, 2.75) is 13.8 Å². The Kier molecular flexibility index (Phi) is 4.21. The fourth-order valence-corrected chi connectivity index (χ4v) is 0.703. The molecule has 0 saturated carbocycles. The van der Waals surface area contributed by atoms with Crippen molar-refractivity contribution >= 4 is 24.0 Å². The van der Waals surface area contributed by atoms with Crippen molar-refractivity contribution in [3.63, 3.8) is 0 Å².